The zero-order chi connectivity index (χ0) is 23.8. The number of methoxy groups -OCH3 is 1. The normalized spacial score (nSPS) is 15.7. The number of pyridine rings is 1. The molecule has 1 fully saturated rings. The summed E-state index contributed by atoms with van der Waals surface area (Å²) < 4.78 is 33.7. The molecule has 0 unspecified atom stereocenters. The molecule has 9 nitrogen and oxygen atoms in total. The second-order valence-corrected chi connectivity index (χ2v) is 11.3. The van der Waals surface area contributed by atoms with Crippen LogP contribution in [0.3, 0.4) is 0 Å². The summed E-state index contributed by atoms with van der Waals surface area (Å²) >= 11 is 0. The number of rotatable bonds is 7. The van der Waals surface area contributed by atoms with Gasteiger partial charge in [-0.2, -0.15) is 0 Å². The molecular formula is C23H30N4O5S. The van der Waals surface area contributed by atoms with Crippen LogP contribution in [0.1, 0.15) is 37.2 Å². The first-order valence-electron chi connectivity index (χ1n) is 11.2. The molecule has 0 atom stereocenters. The third-order valence-corrected chi connectivity index (χ3v) is 8.74. The standard InChI is InChI=1S/C23H30N4O5S/c1-16(2)15-33(30,31)17-7-10-25(11-8-17)23(29)19-14-18-21(26(19)12-13-32-3)24-20-6-4-5-9-27(20)22(18)28/h4-6,9,14,16-17H,7-8,10-13,15H2,1-3H3. The minimum Gasteiger partial charge on any atom is -0.383 e. The minimum absolute atomic E-state index is 0.0772. The van der Waals surface area contributed by atoms with Crippen LogP contribution in [0.15, 0.2) is 35.3 Å². The molecule has 1 saturated heterocycles. The van der Waals surface area contributed by atoms with Crippen LogP contribution in [-0.4, -0.2) is 71.0 Å². The van der Waals surface area contributed by atoms with Crippen molar-refractivity contribution in [3.8, 4) is 0 Å². The predicted molar refractivity (Wildman–Crippen MR) is 126 cm³/mol. The molecule has 0 N–H and O–H groups in total. The fraction of sp³-hybridized carbons (Fsp3) is 0.522. The number of piperidine rings is 1. The van der Waals surface area contributed by atoms with Gasteiger partial charge in [0, 0.05) is 32.9 Å². The highest BCUT2D eigenvalue weighted by atomic mass is 32.2. The van der Waals surface area contributed by atoms with E-state index in [1.165, 1.54) is 4.40 Å². The van der Waals surface area contributed by atoms with Gasteiger partial charge < -0.3 is 14.2 Å². The lowest BCUT2D eigenvalue weighted by molar-refractivity contribution is 0.0712. The number of carbonyl (C=O) groups is 1. The average Bonchev–Trinajstić information content (AvgIpc) is 3.15. The van der Waals surface area contributed by atoms with Crippen LogP contribution in [0.25, 0.3) is 16.7 Å². The van der Waals surface area contributed by atoms with E-state index < -0.39 is 15.1 Å². The highest BCUT2D eigenvalue weighted by Crippen LogP contribution is 2.24. The maximum atomic E-state index is 13.5. The SMILES string of the molecule is COCCn1c(C(=O)N2CCC(S(=O)(=O)CC(C)C)CC2)cc2c(=O)n3ccccc3nc21. The largest absolute Gasteiger partial charge is 0.383 e. The van der Waals surface area contributed by atoms with Crippen molar-refractivity contribution in [1.82, 2.24) is 18.9 Å². The number of amides is 1. The lowest BCUT2D eigenvalue weighted by Gasteiger charge is -2.32. The lowest BCUT2D eigenvalue weighted by Crippen LogP contribution is -2.43. The van der Waals surface area contributed by atoms with Crippen LogP contribution in [0.5, 0.6) is 0 Å². The van der Waals surface area contributed by atoms with Crippen LogP contribution >= 0.6 is 0 Å². The minimum atomic E-state index is -3.18. The molecule has 33 heavy (non-hydrogen) atoms. The molecule has 1 aliphatic rings. The van der Waals surface area contributed by atoms with Crippen molar-refractivity contribution in [3.63, 3.8) is 0 Å². The predicted octanol–water partition coefficient (Wildman–Crippen LogP) is 1.97. The highest BCUT2D eigenvalue weighted by molar-refractivity contribution is 7.92. The Labute approximate surface area is 192 Å². The number of likely N-dealkylation sites (tertiary alicyclic amines) is 1. The molecule has 1 amide bonds. The molecule has 3 aromatic rings. The van der Waals surface area contributed by atoms with Gasteiger partial charge in [-0.1, -0.05) is 19.9 Å². The molecule has 0 aromatic carbocycles. The van der Waals surface area contributed by atoms with Crippen molar-refractivity contribution in [1.29, 1.82) is 0 Å². The average molecular weight is 475 g/mol. The van der Waals surface area contributed by atoms with Crippen molar-refractivity contribution >= 4 is 32.4 Å². The van der Waals surface area contributed by atoms with Crippen molar-refractivity contribution in [3.05, 3.63) is 46.5 Å². The van der Waals surface area contributed by atoms with Crippen LogP contribution < -0.4 is 5.56 Å². The third kappa shape index (κ3) is 4.54. The van der Waals surface area contributed by atoms with Crippen LogP contribution in [0.4, 0.5) is 0 Å². The second kappa shape index (κ2) is 9.26. The van der Waals surface area contributed by atoms with E-state index in [9.17, 15) is 18.0 Å². The summed E-state index contributed by atoms with van der Waals surface area (Å²) in [6.45, 7) is 5.25. The second-order valence-electron chi connectivity index (χ2n) is 8.97. The van der Waals surface area contributed by atoms with Crippen LogP contribution in [-0.2, 0) is 21.1 Å². The maximum absolute atomic E-state index is 13.5. The number of sulfone groups is 1. The molecule has 1 aliphatic heterocycles. The Kier molecular flexibility index (Phi) is 6.58. The van der Waals surface area contributed by atoms with Gasteiger partial charge in [-0.25, -0.2) is 13.4 Å². The first kappa shape index (κ1) is 23.4. The summed E-state index contributed by atoms with van der Waals surface area (Å²) in [7, 11) is -1.60. The lowest BCUT2D eigenvalue weighted by atomic mass is 10.1. The Bertz CT molecular complexity index is 1330. The quantitative estimate of drug-likeness (QED) is 0.519. The maximum Gasteiger partial charge on any atom is 0.270 e. The Balaban J connectivity index is 1.66. The molecule has 0 saturated carbocycles. The van der Waals surface area contributed by atoms with Crippen molar-refractivity contribution in [2.75, 3.05) is 32.6 Å². The Morgan fingerprint density at radius 2 is 1.97 bits per heavy atom. The van der Waals surface area contributed by atoms with Crippen molar-refractivity contribution in [2.24, 2.45) is 5.92 Å². The van der Waals surface area contributed by atoms with E-state index in [4.69, 9.17) is 4.74 Å². The van der Waals surface area contributed by atoms with Crippen molar-refractivity contribution in [2.45, 2.75) is 38.5 Å². The highest BCUT2D eigenvalue weighted by Gasteiger charge is 2.33. The fourth-order valence-corrected chi connectivity index (χ4v) is 6.65. The number of nitrogens with zero attached hydrogens (tertiary/aromatic N) is 4. The molecule has 0 spiro atoms. The molecule has 0 bridgehead atoms. The first-order chi connectivity index (χ1) is 15.7. The van der Waals surface area contributed by atoms with Gasteiger partial charge >= 0.3 is 0 Å². The van der Waals surface area contributed by atoms with E-state index >= 15 is 0 Å². The van der Waals surface area contributed by atoms with E-state index in [0.717, 1.165) is 0 Å². The van der Waals surface area contributed by atoms with Gasteiger partial charge in [0.2, 0.25) is 0 Å². The molecule has 3 aromatic heterocycles. The van der Waals surface area contributed by atoms with E-state index in [2.05, 4.69) is 4.98 Å². The molecule has 4 heterocycles. The van der Waals surface area contributed by atoms with E-state index in [1.54, 1.807) is 47.0 Å². The summed E-state index contributed by atoms with van der Waals surface area (Å²) in [6.07, 6.45) is 2.49. The Hall–Kier alpha value is -2.72. The number of aromatic nitrogens is 3. The number of hydrogen-bond donors (Lipinski definition) is 0. The summed E-state index contributed by atoms with van der Waals surface area (Å²) in [4.78, 5) is 32.8. The summed E-state index contributed by atoms with van der Waals surface area (Å²) in [6, 6.07) is 6.91. The Morgan fingerprint density at radius 1 is 1.24 bits per heavy atom. The van der Waals surface area contributed by atoms with Crippen LogP contribution in [0.2, 0.25) is 0 Å². The number of fused-ring (bicyclic) bond motifs is 2. The molecule has 0 radical (unpaired) electrons. The number of carbonyl (C=O) groups excluding carboxylic acids is 1. The van der Waals surface area contributed by atoms with E-state index in [1.807, 2.05) is 13.8 Å². The van der Waals surface area contributed by atoms with Gasteiger partial charge in [0.1, 0.15) is 17.0 Å². The van der Waals surface area contributed by atoms with Crippen molar-refractivity contribution < 1.29 is 17.9 Å². The summed E-state index contributed by atoms with van der Waals surface area (Å²) in [5, 5.41) is -0.0486. The molecule has 0 aliphatic carbocycles. The monoisotopic (exact) mass is 474 g/mol. The molecule has 178 valence electrons. The van der Waals surface area contributed by atoms with E-state index in [0.29, 0.717) is 61.5 Å². The third-order valence-electron chi connectivity index (χ3n) is 6.12. The summed E-state index contributed by atoms with van der Waals surface area (Å²) in [5.74, 6) is 0.0191. The van der Waals surface area contributed by atoms with Gasteiger partial charge in [0.05, 0.1) is 23.0 Å². The Morgan fingerprint density at radius 3 is 2.64 bits per heavy atom. The topological polar surface area (TPSA) is 103 Å². The molecular weight excluding hydrogens is 444 g/mol. The van der Waals surface area contributed by atoms with Gasteiger partial charge in [-0.3, -0.25) is 14.0 Å². The van der Waals surface area contributed by atoms with Gasteiger partial charge in [-0.15, -0.1) is 0 Å². The molecule has 10 heteroatoms. The summed E-state index contributed by atoms with van der Waals surface area (Å²) in [5.41, 5.74) is 1.08. The van der Waals surface area contributed by atoms with Gasteiger partial charge in [-0.05, 0) is 37.0 Å². The smallest absolute Gasteiger partial charge is 0.270 e. The number of ether oxygens (including phenoxy) is 1. The number of hydrogen-bond acceptors (Lipinski definition) is 6. The fourth-order valence-electron chi connectivity index (χ4n) is 4.52. The zero-order valence-electron chi connectivity index (χ0n) is 19.2. The molecule has 4 rings (SSSR count). The zero-order valence-corrected chi connectivity index (χ0v) is 20.0. The first-order valence-corrected chi connectivity index (χ1v) is 12.9. The van der Waals surface area contributed by atoms with E-state index in [-0.39, 0.29) is 23.1 Å². The van der Waals surface area contributed by atoms with Gasteiger partial charge in [0.15, 0.2) is 9.84 Å². The van der Waals surface area contributed by atoms with Gasteiger partial charge in [0.25, 0.3) is 11.5 Å². The van der Waals surface area contributed by atoms with Crippen LogP contribution in [0, 0.1) is 5.92 Å².